The van der Waals surface area contributed by atoms with Gasteiger partial charge in [0.15, 0.2) is 0 Å². The van der Waals surface area contributed by atoms with E-state index in [0.29, 0.717) is 17.0 Å². The molecular formula is C14H19NO3. The van der Waals surface area contributed by atoms with E-state index in [1.165, 1.54) is 0 Å². The minimum atomic E-state index is -0.128. The lowest BCUT2D eigenvalue weighted by molar-refractivity contribution is -0.118. The van der Waals surface area contributed by atoms with Gasteiger partial charge in [0, 0.05) is 11.5 Å². The first kappa shape index (κ1) is 14.2. The maximum Gasteiger partial charge on any atom is 0.227 e. The number of ether oxygens (including phenoxy) is 1. The van der Waals surface area contributed by atoms with Crippen LogP contribution < -0.4 is 10.1 Å². The molecule has 0 radical (unpaired) electrons. The predicted molar refractivity (Wildman–Crippen MR) is 71.1 cm³/mol. The minimum Gasteiger partial charge on any atom is -0.489 e. The molecule has 0 aliphatic heterocycles. The summed E-state index contributed by atoms with van der Waals surface area (Å²) in [6, 6.07) is 4.97. The molecule has 1 amide bonds. The lowest BCUT2D eigenvalue weighted by Crippen LogP contribution is -2.19. The molecule has 0 atom stereocenters. The number of hydrogen-bond acceptors (Lipinski definition) is 3. The smallest absolute Gasteiger partial charge is 0.227 e. The van der Waals surface area contributed by atoms with Crippen LogP contribution in [-0.2, 0) is 4.79 Å². The fourth-order valence-corrected chi connectivity index (χ4v) is 1.35. The van der Waals surface area contributed by atoms with Gasteiger partial charge in [-0.1, -0.05) is 13.8 Å². The Bertz CT molecular complexity index is 439. The summed E-state index contributed by atoms with van der Waals surface area (Å²) in [6.45, 7) is 7.42. The predicted octanol–water partition coefficient (Wildman–Crippen LogP) is 2.88. The molecule has 4 nitrogen and oxygen atoms in total. The summed E-state index contributed by atoms with van der Waals surface area (Å²) in [4.78, 5) is 22.5. The highest BCUT2D eigenvalue weighted by Gasteiger charge is 2.12. The quantitative estimate of drug-likeness (QED) is 0.816. The topological polar surface area (TPSA) is 55.4 Å². The number of benzene rings is 1. The Morgan fingerprint density at radius 1 is 1.28 bits per heavy atom. The first-order chi connectivity index (χ1) is 8.43. The Morgan fingerprint density at radius 3 is 2.44 bits per heavy atom. The molecule has 0 unspecified atom stereocenters. The molecule has 18 heavy (non-hydrogen) atoms. The maximum atomic E-state index is 11.7. The fraction of sp³-hybridized carbons (Fsp3) is 0.429. The summed E-state index contributed by atoms with van der Waals surface area (Å²) < 4.78 is 5.59. The third-order valence-corrected chi connectivity index (χ3v) is 2.28. The van der Waals surface area contributed by atoms with Crippen molar-refractivity contribution >= 4 is 17.9 Å². The number of carbonyl (C=O) groups excluding carboxylic acids is 2. The van der Waals surface area contributed by atoms with Crippen LogP contribution in [0.2, 0.25) is 0 Å². The molecule has 0 heterocycles. The zero-order valence-electron chi connectivity index (χ0n) is 11.2. The number of aldehydes is 1. The summed E-state index contributed by atoms with van der Waals surface area (Å²) in [5, 5.41) is 2.77. The van der Waals surface area contributed by atoms with Crippen LogP contribution >= 0.6 is 0 Å². The summed E-state index contributed by atoms with van der Waals surface area (Å²) in [5.41, 5.74) is 1.04. The van der Waals surface area contributed by atoms with Crippen molar-refractivity contribution in [2.45, 2.75) is 33.8 Å². The van der Waals surface area contributed by atoms with Gasteiger partial charge in [-0.25, -0.2) is 0 Å². The fourth-order valence-electron chi connectivity index (χ4n) is 1.35. The van der Waals surface area contributed by atoms with Crippen LogP contribution in [0.15, 0.2) is 18.2 Å². The molecule has 1 N–H and O–H groups in total. The van der Waals surface area contributed by atoms with Crippen molar-refractivity contribution in [1.82, 2.24) is 0 Å². The summed E-state index contributed by atoms with van der Waals surface area (Å²) in [7, 11) is 0. The van der Waals surface area contributed by atoms with Crippen LogP contribution in [-0.4, -0.2) is 18.3 Å². The standard InChI is InChI=1S/C14H19NO3/c1-9(2)14(17)15-12-7-11(8-16)5-6-13(12)18-10(3)4/h5-10H,1-4H3,(H,15,17). The normalized spacial score (nSPS) is 10.6. The lowest BCUT2D eigenvalue weighted by atomic mass is 10.1. The molecule has 1 aromatic carbocycles. The molecule has 0 saturated heterocycles. The van der Waals surface area contributed by atoms with Gasteiger partial charge in [-0.05, 0) is 32.0 Å². The molecular weight excluding hydrogens is 230 g/mol. The SMILES string of the molecule is CC(C)Oc1ccc(C=O)cc1NC(=O)C(C)C. The van der Waals surface area contributed by atoms with Crippen molar-refractivity contribution in [1.29, 1.82) is 0 Å². The highest BCUT2D eigenvalue weighted by Crippen LogP contribution is 2.26. The van der Waals surface area contributed by atoms with Crippen molar-refractivity contribution in [3.05, 3.63) is 23.8 Å². The van der Waals surface area contributed by atoms with E-state index in [1.807, 2.05) is 27.7 Å². The Kier molecular flexibility index (Phi) is 4.89. The van der Waals surface area contributed by atoms with Crippen molar-refractivity contribution in [2.24, 2.45) is 5.92 Å². The molecule has 0 spiro atoms. The van der Waals surface area contributed by atoms with Crippen molar-refractivity contribution < 1.29 is 14.3 Å². The zero-order chi connectivity index (χ0) is 13.7. The third-order valence-electron chi connectivity index (χ3n) is 2.28. The lowest BCUT2D eigenvalue weighted by Gasteiger charge is -2.16. The average molecular weight is 249 g/mol. The second kappa shape index (κ2) is 6.19. The molecule has 0 fully saturated rings. The van der Waals surface area contributed by atoms with Gasteiger partial charge in [0.1, 0.15) is 12.0 Å². The van der Waals surface area contributed by atoms with Crippen molar-refractivity contribution in [3.8, 4) is 5.75 Å². The van der Waals surface area contributed by atoms with Gasteiger partial charge in [0.05, 0.1) is 11.8 Å². The van der Waals surface area contributed by atoms with Gasteiger partial charge in [-0.15, -0.1) is 0 Å². The molecule has 1 rings (SSSR count). The highest BCUT2D eigenvalue weighted by atomic mass is 16.5. The molecule has 0 aliphatic rings. The summed E-state index contributed by atoms with van der Waals surface area (Å²) in [6.07, 6.45) is 0.742. The van der Waals surface area contributed by atoms with E-state index in [9.17, 15) is 9.59 Å². The first-order valence-corrected chi connectivity index (χ1v) is 6.00. The van der Waals surface area contributed by atoms with Crippen molar-refractivity contribution in [2.75, 3.05) is 5.32 Å². The molecule has 1 aromatic rings. The first-order valence-electron chi connectivity index (χ1n) is 6.00. The monoisotopic (exact) mass is 249 g/mol. The van der Waals surface area contributed by atoms with Gasteiger partial charge in [-0.2, -0.15) is 0 Å². The van der Waals surface area contributed by atoms with Crippen LogP contribution in [0.4, 0.5) is 5.69 Å². The molecule has 0 bridgehead atoms. The third kappa shape index (κ3) is 3.87. The number of anilines is 1. The molecule has 0 aliphatic carbocycles. The maximum absolute atomic E-state index is 11.7. The largest absolute Gasteiger partial charge is 0.489 e. The van der Waals surface area contributed by atoms with E-state index in [2.05, 4.69) is 5.32 Å². The van der Waals surface area contributed by atoms with Gasteiger partial charge in [0.2, 0.25) is 5.91 Å². The molecule has 0 saturated carbocycles. The van der Waals surface area contributed by atoms with E-state index in [1.54, 1.807) is 18.2 Å². The van der Waals surface area contributed by atoms with Crippen LogP contribution in [0.3, 0.4) is 0 Å². The Balaban J connectivity index is 3.03. The van der Waals surface area contributed by atoms with Crippen LogP contribution in [0.25, 0.3) is 0 Å². The Hall–Kier alpha value is -1.84. The van der Waals surface area contributed by atoms with E-state index < -0.39 is 0 Å². The number of amides is 1. The zero-order valence-corrected chi connectivity index (χ0v) is 11.2. The summed E-state index contributed by atoms with van der Waals surface area (Å²) in [5.74, 6) is 0.341. The van der Waals surface area contributed by atoms with Gasteiger partial charge in [-0.3, -0.25) is 9.59 Å². The van der Waals surface area contributed by atoms with E-state index in [-0.39, 0.29) is 17.9 Å². The Morgan fingerprint density at radius 2 is 1.94 bits per heavy atom. The summed E-state index contributed by atoms with van der Waals surface area (Å²) >= 11 is 0. The van der Waals surface area contributed by atoms with E-state index in [4.69, 9.17) is 4.74 Å². The molecule has 4 heteroatoms. The number of carbonyl (C=O) groups is 2. The van der Waals surface area contributed by atoms with Crippen LogP contribution in [0.5, 0.6) is 5.75 Å². The van der Waals surface area contributed by atoms with Crippen molar-refractivity contribution in [3.63, 3.8) is 0 Å². The van der Waals surface area contributed by atoms with Crippen LogP contribution in [0.1, 0.15) is 38.1 Å². The second-order valence-electron chi connectivity index (χ2n) is 4.68. The highest BCUT2D eigenvalue weighted by molar-refractivity contribution is 5.94. The van der Waals surface area contributed by atoms with E-state index in [0.717, 1.165) is 6.29 Å². The van der Waals surface area contributed by atoms with Crippen LogP contribution in [0, 0.1) is 5.92 Å². The van der Waals surface area contributed by atoms with Gasteiger partial charge >= 0.3 is 0 Å². The average Bonchev–Trinajstić information content (AvgIpc) is 2.30. The number of nitrogens with one attached hydrogen (secondary N) is 1. The minimum absolute atomic E-state index is 0.00165. The molecule has 98 valence electrons. The molecule has 0 aromatic heterocycles. The number of hydrogen-bond donors (Lipinski definition) is 1. The van der Waals surface area contributed by atoms with Gasteiger partial charge < -0.3 is 10.1 Å². The number of rotatable bonds is 5. The van der Waals surface area contributed by atoms with E-state index >= 15 is 0 Å². The second-order valence-corrected chi connectivity index (χ2v) is 4.68. The van der Waals surface area contributed by atoms with Gasteiger partial charge in [0.25, 0.3) is 0 Å². The Labute approximate surface area is 107 Å².